The molecule has 1 amide bonds. The second kappa shape index (κ2) is 5.74. The molecule has 3 heterocycles. The maximum Gasteiger partial charge on any atom is 0.328 e. The fourth-order valence-electron chi connectivity index (χ4n) is 2.75. The lowest BCUT2D eigenvalue weighted by Gasteiger charge is -2.43. The molecule has 1 aliphatic heterocycles. The quantitative estimate of drug-likeness (QED) is 0.792. The standard InChI is InChI=1S/C14H16N4O4S/c1-14(22)3-5-17(12(20)9-6-15-8-23-9)7-10(14)18-4-2-11(19)16-13(18)21/h2,4,6,8,10,22H,3,5,7H2,1H3,(H,16,19,21)/t10-,14-/m1/s1. The first-order chi connectivity index (χ1) is 10.9. The molecule has 0 aromatic carbocycles. The number of hydrogen-bond acceptors (Lipinski definition) is 6. The molecule has 3 rings (SSSR count). The van der Waals surface area contributed by atoms with Gasteiger partial charge in [-0.2, -0.15) is 0 Å². The summed E-state index contributed by atoms with van der Waals surface area (Å²) in [6, 6.07) is 0.582. The van der Waals surface area contributed by atoms with Crippen LogP contribution in [0.25, 0.3) is 0 Å². The molecule has 0 radical (unpaired) electrons. The largest absolute Gasteiger partial charge is 0.388 e. The third-order valence-corrected chi connectivity index (χ3v) is 4.88. The number of nitrogens with zero attached hydrogens (tertiary/aromatic N) is 3. The smallest absolute Gasteiger partial charge is 0.328 e. The van der Waals surface area contributed by atoms with E-state index in [2.05, 4.69) is 9.97 Å². The number of carbonyl (C=O) groups is 1. The molecule has 2 aromatic heterocycles. The van der Waals surface area contributed by atoms with Crippen LogP contribution in [0.2, 0.25) is 0 Å². The summed E-state index contributed by atoms with van der Waals surface area (Å²) in [4.78, 5) is 43.9. The Kier molecular flexibility index (Phi) is 3.90. The van der Waals surface area contributed by atoms with Crippen LogP contribution in [0.4, 0.5) is 0 Å². The average molecular weight is 336 g/mol. The second-order valence-electron chi connectivity index (χ2n) is 5.76. The highest BCUT2D eigenvalue weighted by Crippen LogP contribution is 2.31. The molecule has 9 heteroatoms. The summed E-state index contributed by atoms with van der Waals surface area (Å²) in [7, 11) is 0. The van der Waals surface area contributed by atoms with Crippen molar-refractivity contribution in [2.24, 2.45) is 0 Å². The molecular formula is C14H16N4O4S. The first kappa shape index (κ1) is 15.6. The molecule has 23 heavy (non-hydrogen) atoms. The summed E-state index contributed by atoms with van der Waals surface area (Å²) in [6.07, 6.45) is 3.18. The number of aromatic nitrogens is 3. The van der Waals surface area contributed by atoms with E-state index in [9.17, 15) is 19.5 Å². The van der Waals surface area contributed by atoms with E-state index in [4.69, 9.17) is 0 Å². The van der Waals surface area contributed by atoms with Gasteiger partial charge in [0.1, 0.15) is 4.88 Å². The molecule has 1 fully saturated rings. The lowest BCUT2D eigenvalue weighted by molar-refractivity contribution is -0.0458. The molecular weight excluding hydrogens is 320 g/mol. The Balaban J connectivity index is 1.92. The number of H-pyrrole nitrogens is 1. The Hall–Kier alpha value is -2.26. The number of nitrogens with one attached hydrogen (secondary N) is 1. The van der Waals surface area contributed by atoms with E-state index in [1.807, 2.05) is 0 Å². The van der Waals surface area contributed by atoms with Crippen LogP contribution in [0, 0.1) is 0 Å². The van der Waals surface area contributed by atoms with Gasteiger partial charge in [-0.25, -0.2) is 4.79 Å². The third kappa shape index (κ3) is 2.97. The van der Waals surface area contributed by atoms with Gasteiger partial charge in [-0.1, -0.05) is 0 Å². The fraction of sp³-hybridized carbons (Fsp3) is 0.429. The van der Waals surface area contributed by atoms with Crippen molar-refractivity contribution in [1.82, 2.24) is 19.4 Å². The first-order valence-corrected chi connectivity index (χ1v) is 7.98. The molecule has 2 N–H and O–H groups in total. The molecule has 0 spiro atoms. The van der Waals surface area contributed by atoms with Crippen LogP contribution in [0.1, 0.15) is 29.1 Å². The Morgan fingerprint density at radius 3 is 2.96 bits per heavy atom. The topological polar surface area (TPSA) is 108 Å². The lowest BCUT2D eigenvalue weighted by atomic mass is 9.88. The van der Waals surface area contributed by atoms with Crippen LogP contribution in [0.5, 0.6) is 0 Å². The molecule has 0 saturated carbocycles. The second-order valence-corrected chi connectivity index (χ2v) is 6.64. The minimum atomic E-state index is -1.16. The number of aliphatic hydroxyl groups is 1. The predicted octanol–water partition coefficient (Wildman–Crippen LogP) is -0.169. The zero-order valence-electron chi connectivity index (χ0n) is 12.4. The van der Waals surface area contributed by atoms with E-state index >= 15 is 0 Å². The van der Waals surface area contributed by atoms with Gasteiger partial charge in [0, 0.05) is 25.4 Å². The van der Waals surface area contributed by atoms with Crippen molar-refractivity contribution in [3.05, 3.63) is 49.7 Å². The van der Waals surface area contributed by atoms with Crippen LogP contribution in [0.3, 0.4) is 0 Å². The van der Waals surface area contributed by atoms with E-state index in [0.717, 1.165) is 0 Å². The molecule has 1 aliphatic rings. The van der Waals surface area contributed by atoms with Crippen molar-refractivity contribution in [3.63, 3.8) is 0 Å². The predicted molar refractivity (Wildman–Crippen MR) is 83.6 cm³/mol. The normalized spacial score (nSPS) is 24.6. The summed E-state index contributed by atoms with van der Waals surface area (Å²) in [6.45, 7) is 2.19. The van der Waals surface area contributed by atoms with Gasteiger partial charge in [-0.3, -0.25) is 24.1 Å². The number of likely N-dealkylation sites (tertiary alicyclic amines) is 1. The highest BCUT2D eigenvalue weighted by Gasteiger charge is 2.41. The van der Waals surface area contributed by atoms with Gasteiger partial charge in [-0.05, 0) is 13.3 Å². The first-order valence-electron chi connectivity index (χ1n) is 7.10. The molecule has 0 aliphatic carbocycles. The van der Waals surface area contributed by atoms with Crippen LogP contribution in [-0.2, 0) is 0 Å². The molecule has 2 aromatic rings. The number of amides is 1. The Labute approximate surface area is 135 Å². The van der Waals surface area contributed by atoms with Crippen molar-refractivity contribution >= 4 is 17.2 Å². The summed E-state index contributed by atoms with van der Waals surface area (Å²) < 4.78 is 1.27. The van der Waals surface area contributed by atoms with Crippen molar-refractivity contribution in [3.8, 4) is 0 Å². The van der Waals surface area contributed by atoms with Crippen molar-refractivity contribution < 1.29 is 9.90 Å². The zero-order valence-corrected chi connectivity index (χ0v) is 13.2. The third-order valence-electron chi connectivity index (χ3n) is 4.12. The van der Waals surface area contributed by atoms with Gasteiger partial charge < -0.3 is 10.0 Å². The zero-order chi connectivity index (χ0) is 16.6. The summed E-state index contributed by atoms with van der Waals surface area (Å²) in [5, 5.41) is 10.6. The highest BCUT2D eigenvalue weighted by molar-refractivity contribution is 7.11. The number of hydrogen-bond donors (Lipinski definition) is 2. The summed E-state index contributed by atoms with van der Waals surface area (Å²) in [5.41, 5.74) is -0.682. The minimum Gasteiger partial charge on any atom is -0.388 e. The van der Waals surface area contributed by atoms with Crippen LogP contribution >= 0.6 is 11.3 Å². The molecule has 0 bridgehead atoms. The van der Waals surface area contributed by atoms with Gasteiger partial charge >= 0.3 is 5.69 Å². The molecule has 2 atom stereocenters. The molecule has 8 nitrogen and oxygen atoms in total. The van der Waals surface area contributed by atoms with Crippen LogP contribution in [0.15, 0.2) is 33.6 Å². The number of thiazole rings is 1. The van der Waals surface area contributed by atoms with Gasteiger partial charge in [0.25, 0.3) is 11.5 Å². The van der Waals surface area contributed by atoms with Crippen LogP contribution < -0.4 is 11.2 Å². The fourth-order valence-corrected chi connectivity index (χ4v) is 3.33. The van der Waals surface area contributed by atoms with E-state index < -0.39 is 22.9 Å². The van der Waals surface area contributed by atoms with Gasteiger partial charge in [0.05, 0.1) is 23.4 Å². The maximum absolute atomic E-state index is 12.5. The number of rotatable bonds is 2. The molecule has 1 saturated heterocycles. The average Bonchev–Trinajstić information content (AvgIpc) is 3.01. The van der Waals surface area contributed by atoms with E-state index in [-0.39, 0.29) is 12.5 Å². The monoisotopic (exact) mass is 336 g/mol. The van der Waals surface area contributed by atoms with Crippen molar-refractivity contribution in [2.75, 3.05) is 13.1 Å². The van der Waals surface area contributed by atoms with E-state index in [1.165, 1.54) is 34.4 Å². The highest BCUT2D eigenvalue weighted by atomic mass is 32.1. The summed E-state index contributed by atoms with van der Waals surface area (Å²) >= 11 is 1.25. The number of piperidine rings is 1. The molecule has 0 unspecified atom stereocenters. The lowest BCUT2D eigenvalue weighted by Crippen LogP contribution is -2.54. The molecule has 122 valence electrons. The number of carbonyl (C=O) groups excluding carboxylic acids is 1. The summed E-state index contributed by atoms with van der Waals surface area (Å²) in [5.74, 6) is -0.175. The van der Waals surface area contributed by atoms with E-state index in [1.54, 1.807) is 17.3 Å². The number of aromatic amines is 1. The van der Waals surface area contributed by atoms with Crippen LogP contribution in [-0.4, -0.2) is 49.1 Å². The van der Waals surface area contributed by atoms with Crippen molar-refractivity contribution in [1.29, 1.82) is 0 Å². The Bertz CT molecular complexity index is 824. The van der Waals surface area contributed by atoms with E-state index in [0.29, 0.717) is 17.8 Å². The Morgan fingerprint density at radius 1 is 1.52 bits per heavy atom. The maximum atomic E-state index is 12.5. The van der Waals surface area contributed by atoms with Gasteiger partial charge in [-0.15, -0.1) is 11.3 Å². The minimum absolute atomic E-state index is 0.175. The SMILES string of the molecule is C[C@@]1(O)CCN(C(=O)c2cncs2)C[C@H]1n1ccc(=O)[nH]c1=O. The van der Waals surface area contributed by atoms with Gasteiger partial charge in [0.15, 0.2) is 0 Å². The Morgan fingerprint density at radius 2 is 2.30 bits per heavy atom. The van der Waals surface area contributed by atoms with Crippen molar-refractivity contribution in [2.45, 2.75) is 25.0 Å². The van der Waals surface area contributed by atoms with Gasteiger partial charge in [0.2, 0.25) is 0 Å².